The van der Waals surface area contributed by atoms with Gasteiger partial charge in [-0.15, -0.1) is 0 Å². The van der Waals surface area contributed by atoms with Crippen molar-refractivity contribution in [2.45, 2.75) is 39.8 Å². The molecule has 1 fully saturated rings. The zero-order chi connectivity index (χ0) is 13.3. The van der Waals surface area contributed by atoms with Crippen LogP contribution in [-0.2, 0) is 6.54 Å². The van der Waals surface area contributed by atoms with Crippen molar-refractivity contribution < 1.29 is 0 Å². The summed E-state index contributed by atoms with van der Waals surface area (Å²) in [5.41, 5.74) is 8.04. The lowest BCUT2D eigenvalue weighted by molar-refractivity contribution is 0.0731. The monoisotopic (exact) mass is 266 g/mol. The van der Waals surface area contributed by atoms with Gasteiger partial charge in [0, 0.05) is 29.8 Å². The molecule has 1 aliphatic heterocycles. The van der Waals surface area contributed by atoms with Gasteiger partial charge in [0.05, 0.1) is 0 Å². The van der Waals surface area contributed by atoms with Gasteiger partial charge in [-0.1, -0.05) is 31.5 Å². The maximum Gasteiger partial charge on any atom is 0.0426 e. The van der Waals surface area contributed by atoms with E-state index in [1.165, 1.54) is 12.0 Å². The Balaban J connectivity index is 2.12. The van der Waals surface area contributed by atoms with E-state index >= 15 is 0 Å². The normalized spacial score (nSPS) is 29.4. The van der Waals surface area contributed by atoms with Crippen molar-refractivity contribution in [1.29, 1.82) is 0 Å². The summed E-state index contributed by atoms with van der Waals surface area (Å²) in [6.07, 6.45) is 1.33. The van der Waals surface area contributed by atoms with Crippen LogP contribution in [0, 0.1) is 11.8 Å². The molecule has 1 saturated heterocycles. The minimum absolute atomic E-state index is 0.622. The molecule has 0 spiro atoms. The summed E-state index contributed by atoms with van der Waals surface area (Å²) >= 11 is 5.94. The van der Waals surface area contributed by atoms with E-state index in [1.807, 2.05) is 18.2 Å². The number of anilines is 1. The van der Waals surface area contributed by atoms with Crippen molar-refractivity contribution in [2.24, 2.45) is 11.8 Å². The molecule has 1 aromatic carbocycles. The maximum absolute atomic E-state index is 6.04. The Morgan fingerprint density at radius 3 is 2.72 bits per heavy atom. The molecule has 2 nitrogen and oxygen atoms in total. The second-order valence-corrected chi connectivity index (χ2v) is 6.27. The molecule has 3 heteroatoms. The van der Waals surface area contributed by atoms with Crippen LogP contribution in [0.3, 0.4) is 0 Å². The Kier molecular flexibility index (Phi) is 4.18. The van der Waals surface area contributed by atoms with Crippen molar-refractivity contribution in [3.05, 3.63) is 28.8 Å². The van der Waals surface area contributed by atoms with Gasteiger partial charge in [0.25, 0.3) is 0 Å². The lowest BCUT2D eigenvalue weighted by atomic mass is 9.85. The van der Waals surface area contributed by atoms with Gasteiger partial charge in [-0.25, -0.2) is 0 Å². The first-order valence-electron chi connectivity index (χ1n) is 6.75. The third kappa shape index (κ3) is 2.99. The largest absolute Gasteiger partial charge is 0.398 e. The van der Waals surface area contributed by atoms with Gasteiger partial charge < -0.3 is 5.73 Å². The lowest BCUT2D eigenvalue weighted by Gasteiger charge is -2.41. The highest BCUT2D eigenvalue weighted by Crippen LogP contribution is 2.29. The predicted molar refractivity (Wildman–Crippen MR) is 78.7 cm³/mol. The molecule has 18 heavy (non-hydrogen) atoms. The fraction of sp³-hybridized carbons (Fsp3) is 0.600. The molecule has 3 atom stereocenters. The molecule has 100 valence electrons. The molecule has 1 heterocycles. The number of nitrogens with two attached hydrogens (primary N) is 1. The van der Waals surface area contributed by atoms with E-state index in [0.717, 1.165) is 30.6 Å². The van der Waals surface area contributed by atoms with Gasteiger partial charge >= 0.3 is 0 Å². The van der Waals surface area contributed by atoms with Gasteiger partial charge in [-0.3, -0.25) is 4.90 Å². The van der Waals surface area contributed by atoms with E-state index < -0.39 is 0 Å². The number of nitrogen functional groups attached to an aromatic ring is 1. The SMILES string of the molecule is CC1CC(C)C(C)N(Cc2ccc(Cl)cc2N)C1. The molecule has 0 aliphatic carbocycles. The average Bonchev–Trinajstić information content (AvgIpc) is 2.29. The van der Waals surface area contributed by atoms with Crippen LogP contribution in [0.2, 0.25) is 5.02 Å². The van der Waals surface area contributed by atoms with Crippen LogP contribution in [0.4, 0.5) is 5.69 Å². The highest BCUT2D eigenvalue weighted by Gasteiger charge is 2.28. The zero-order valence-corrected chi connectivity index (χ0v) is 12.2. The Bertz CT molecular complexity index is 419. The van der Waals surface area contributed by atoms with Gasteiger partial charge in [0.1, 0.15) is 0 Å². The van der Waals surface area contributed by atoms with E-state index in [4.69, 9.17) is 17.3 Å². The molecular weight excluding hydrogens is 244 g/mol. The maximum atomic E-state index is 6.04. The van der Waals surface area contributed by atoms with Gasteiger partial charge in [-0.05, 0) is 42.9 Å². The topological polar surface area (TPSA) is 29.3 Å². The van der Waals surface area contributed by atoms with Crippen LogP contribution in [0.25, 0.3) is 0 Å². The Hall–Kier alpha value is -0.730. The molecule has 3 unspecified atom stereocenters. The minimum atomic E-state index is 0.622. The fourth-order valence-electron chi connectivity index (χ4n) is 2.97. The second-order valence-electron chi connectivity index (χ2n) is 5.83. The van der Waals surface area contributed by atoms with Gasteiger partial charge in [0.2, 0.25) is 0 Å². The average molecular weight is 267 g/mol. The van der Waals surface area contributed by atoms with Crippen molar-refractivity contribution in [2.75, 3.05) is 12.3 Å². The predicted octanol–water partition coefficient (Wildman–Crippen LogP) is 3.79. The number of rotatable bonds is 2. The number of hydrogen-bond donors (Lipinski definition) is 1. The zero-order valence-electron chi connectivity index (χ0n) is 11.5. The quantitative estimate of drug-likeness (QED) is 0.826. The molecule has 0 amide bonds. The first-order valence-corrected chi connectivity index (χ1v) is 7.13. The number of hydrogen-bond acceptors (Lipinski definition) is 2. The summed E-state index contributed by atoms with van der Waals surface area (Å²) in [5, 5.41) is 0.713. The first-order chi connectivity index (χ1) is 8.47. The third-order valence-electron chi connectivity index (χ3n) is 4.20. The molecular formula is C15H23ClN2. The van der Waals surface area contributed by atoms with Crippen LogP contribution in [0.15, 0.2) is 18.2 Å². The third-order valence-corrected chi connectivity index (χ3v) is 4.44. The molecule has 0 radical (unpaired) electrons. The minimum Gasteiger partial charge on any atom is -0.398 e. The Morgan fingerprint density at radius 2 is 2.06 bits per heavy atom. The molecule has 1 aliphatic rings. The highest BCUT2D eigenvalue weighted by atomic mass is 35.5. The van der Waals surface area contributed by atoms with Crippen molar-refractivity contribution in [3.63, 3.8) is 0 Å². The number of benzene rings is 1. The van der Waals surface area contributed by atoms with Crippen molar-refractivity contribution in [1.82, 2.24) is 4.90 Å². The number of nitrogens with zero attached hydrogens (tertiary/aromatic N) is 1. The summed E-state index contributed by atoms with van der Waals surface area (Å²) in [7, 11) is 0. The molecule has 1 aromatic rings. The summed E-state index contributed by atoms with van der Waals surface area (Å²) in [6.45, 7) is 9.09. The van der Waals surface area contributed by atoms with Crippen LogP contribution in [-0.4, -0.2) is 17.5 Å². The highest BCUT2D eigenvalue weighted by molar-refractivity contribution is 6.30. The van der Waals surface area contributed by atoms with Crippen LogP contribution in [0.1, 0.15) is 32.8 Å². The smallest absolute Gasteiger partial charge is 0.0426 e. The number of likely N-dealkylation sites (tertiary alicyclic amines) is 1. The summed E-state index contributed by atoms with van der Waals surface area (Å²) in [6, 6.07) is 6.44. The summed E-state index contributed by atoms with van der Waals surface area (Å²) in [5.74, 6) is 1.52. The molecule has 0 bridgehead atoms. The van der Waals surface area contributed by atoms with E-state index in [-0.39, 0.29) is 0 Å². The second kappa shape index (κ2) is 5.50. The van der Waals surface area contributed by atoms with Gasteiger partial charge in [0.15, 0.2) is 0 Å². The standard InChI is InChI=1S/C15H23ClN2/c1-10-6-11(2)12(3)18(8-10)9-13-4-5-14(16)7-15(13)17/h4-5,7,10-12H,6,8-9,17H2,1-3H3. The number of piperidine rings is 1. The van der Waals surface area contributed by atoms with Crippen LogP contribution >= 0.6 is 11.6 Å². The molecule has 0 saturated carbocycles. The van der Waals surface area contributed by atoms with E-state index in [2.05, 4.69) is 25.7 Å². The van der Waals surface area contributed by atoms with Crippen LogP contribution < -0.4 is 5.73 Å². The van der Waals surface area contributed by atoms with E-state index in [9.17, 15) is 0 Å². The van der Waals surface area contributed by atoms with E-state index in [0.29, 0.717) is 11.1 Å². The lowest BCUT2D eigenvalue weighted by Crippen LogP contribution is -2.45. The van der Waals surface area contributed by atoms with E-state index in [1.54, 1.807) is 0 Å². The van der Waals surface area contributed by atoms with Gasteiger partial charge in [-0.2, -0.15) is 0 Å². The summed E-state index contributed by atoms with van der Waals surface area (Å²) in [4.78, 5) is 2.54. The van der Waals surface area contributed by atoms with Crippen molar-refractivity contribution >= 4 is 17.3 Å². The Labute approximate surface area is 115 Å². The first kappa shape index (κ1) is 13.7. The summed E-state index contributed by atoms with van der Waals surface area (Å²) < 4.78 is 0. The van der Waals surface area contributed by atoms with Crippen LogP contribution in [0.5, 0.6) is 0 Å². The number of halogens is 1. The Morgan fingerprint density at radius 1 is 1.33 bits per heavy atom. The van der Waals surface area contributed by atoms with Crippen molar-refractivity contribution in [3.8, 4) is 0 Å². The fourth-order valence-corrected chi connectivity index (χ4v) is 3.15. The molecule has 0 aromatic heterocycles. The molecule has 2 rings (SSSR count). The molecule has 2 N–H and O–H groups in total.